The van der Waals surface area contributed by atoms with Crippen LogP contribution in [0.1, 0.15) is 33.1 Å². The minimum absolute atomic E-state index is 0.0885. The van der Waals surface area contributed by atoms with E-state index in [0.717, 1.165) is 17.6 Å². The molecule has 1 fully saturated rings. The summed E-state index contributed by atoms with van der Waals surface area (Å²) in [5, 5.41) is 2.87. The zero-order valence-corrected chi connectivity index (χ0v) is 8.64. The van der Waals surface area contributed by atoms with Gasteiger partial charge in [0.2, 0.25) is 5.91 Å². The Hall–Kier alpha value is -1.12. The van der Waals surface area contributed by atoms with Crippen molar-refractivity contribution in [1.29, 1.82) is 0 Å². The van der Waals surface area contributed by atoms with Crippen LogP contribution in [0.15, 0.2) is 11.1 Å². The molecular formula is C11H15NO2. The maximum Gasteiger partial charge on any atom is 0.230 e. The fourth-order valence-corrected chi connectivity index (χ4v) is 2.49. The van der Waals surface area contributed by atoms with Crippen molar-refractivity contribution in [3.05, 3.63) is 11.1 Å². The number of rotatable bonds is 0. The molecule has 1 aliphatic carbocycles. The zero-order chi connectivity index (χ0) is 10.3. The largest absolute Gasteiger partial charge is 0.355 e. The molecule has 1 heterocycles. The Morgan fingerprint density at radius 1 is 1.29 bits per heavy atom. The molecule has 2 rings (SSSR count). The van der Waals surface area contributed by atoms with Crippen LogP contribution in [0, 0.1) is 5.41 Å². The maximum absolute atomic E-state index is 11.7. The van der Waals surface area contributed by atoms with Crippen LogP contribution in [0.3, 0.4) is 0 Å². The van der Waals surface area contributed by atoms with E-state index in [4.69, 9.17) is 0 Å². The summed E-state index contributed by atoms with van der Waals surface area (Å²) in [6.07, 6.45) is 2.02. The Morgan fingerprint density at radius 2 is 2.00 bits per heavy atom. The second kappa shape index (κ2) is 2.94. The molecule has 0 aromatic heterocycles. The number of carbonyl (C=O) groups is 2. The van der Waals surface area contributed by atoms with Gasteiger partial charge in [0.05, 0.1) is 5.41 Å². The number of piperidine rings is 1. The SMILES string of the molecule is CC1=C2CCNC(=O)C2(C)CCC1=O. The summed E-state index contributed by atoms with van der Waals surface area (Å²) in [5.74, 6) is 0.303. The van der Waals surface area contributed by atoms with Gasteiger partial charge in [-0.3, -0.25) is 9.59 Å². The van der Waals surface area contributed by atoms with E-state index < -0.39 is 5.41 Å². The molecule has 1 unspecified atom stereocenters. The highest BCUT2D eigenvalue weighted by Gasteiger charge is 2.43. The molecule has 0 bridgehead atoms. The summed E-state index contributed by atoms with van der Waals surface area (Å²) in [6, 6.07) is 0. The standard InChI is InChI=1S/C11H15NO2/c1-7-8-4-6-12-10(14)11(8,2)5-3-9(7)13/h3-6H2,1-2H3,(H,12,14). The Kier molecular flexibility index (Phi) is 1.98. The van der Waals surface area contributed by atoms with Crippen LogP contribution >= 0.6 is 0 Å². The predicted octanol–water partition coefficient (Wildman–Crippen LogP) is 1.19. The molecule has 3 nitrogen and oxygen atoms in total. The van der Waals surface area contributed by atoms with Gasteiger partial charge in [0.1, 0.15) is 0 Å². The number of ketones is 1. The molecule has 0 spiro atoms. The summed E-state index contributed by atoms with van der Waals surface area (Å²) in [7, 11) is 0. The Labute approximate surface area is 83.6 Å². The molecule has 3 heteroatoms. The molecule has 2 aliphatic rings. The molecule has 14 heavy (non-hydrogen) atoms. The van der Waals surface area contributed by atoms with E-state index in [1.54, 1.807) is 0 Å². The quantitative estimate of drug-likeness (QED) is 0.628. The van der Waals surface area contributed by atoms with Gasteiger partial charge in [-0.15, -0.1) is 0 Å². The van der Waals surface area contributed by atoms with Gasteiger partial charge in [0, 0.05) is 13.0 Å². The van der Waals surface area contributed by atoms with Gasteiger partial charge in [0.15, 0.2) is 5.78 Å². The van der Waals surface area contributed by atoms with Crippen LogP contribution in [0.4, 0.5) is 0 Å². The number of amides is 1. The third-order valence-electron chi connectivity index (χ3n) is 3.55. The molecule has 0 radical (unpaired) electrons. The normalized spacial score (nSPS) is 32.7. The van der Waals surface area contributed by atoms with E-state index in [1.807, 2.05) is 13.8 Å². The van der Waals surface area contributed by atoms with Crippen LogP contribution in [-0.2, 0) is 9.59 Å². The van der Waals surface area contributed by atoms with Crippen molar-refractivity contribution in [2.45, 2.75) is 33.1 Å². The van der Waals surface area contributed by atoms with Gasteiger partial charge in [-0.1, -0.05) is 0 Å². The number of fused-ring (bicyclic) bond motifs is 1. The van der Waals surface area contributed by atoms with E-state index in [0.29, 0.717) is 19.4 Å². The highest BCUT2D eigenvalue weighted by atomic mass is 16.2. The molecule has 1 aliphatic heterocycles. The van der Waals surface area contributed by atoms with Crippen molar-refractivity contribution in [3.8, 4) is 0 Å². The zero-order valence-electron chi connectivity index (χ0n) is 8.64. The fraction of sp³-hybridized carbons (Fsp3) is 0.636. The number of carbonyl (C=O) groups excluding carboxylic acids is 2. The van der Waals surface area contributed by atoms with Crippen molar-refractivity contribution in [2.24, 2.45) is 5.41 Å². The van der Waals surface area contributed by atoms with Crippen LogP contribution < -0.4 is 5.32 Å². The van der Waals surface area contributed by atoms with Crippen molar-refractivity contribution >= 4 is 11.7 Å². The topological polar surface area (TPSA) is 46.2 Å². The van der Waals surface area contributed by atoms with E-state index in [9.17, 15) is 9.59 Å². The fourth-order valence-electron chi connectivity index (χ4n) is 2.49. The number of nitrogens with one attached hydrogen (secondary N) is 1. The second-order valence-corrected chi connectivity index (χ2v) is 4.36. The third-order valence-corrected chi connectivity index (χ3v) is 3.55. The van der Waals surface area contributed by atoms with Crippen LogP contribution in [0.2, 0.25) is 0 Å². The van der Waals surface area contributed by atoms with Crippen LogP contribution in [0.5, 0.6) is 0 Å². The minimum Gasteiger partial charge on any atom is -0.355 e. The molecule has 0 aromatic rings. The lowest BCUT2D eigenvalue weighted by Gasteiger charge is -2.39. The molecule has 1 N–H and O–H groups in total. The lowest BCUT2D eigenvalue weighted by Crippen LogP contribution is -2.48. The monoisotopic (exact) mass is 193 g/mol. The average Bonchev–Trinajstić information content (AvgIpc) is 2.16. The van der Waals surface area contributed by atoms with Crippen molar-refractivity contribution in [2.75, 3.05) is 6.54 Å². The number of hydrogen-bond donors (Lipinski definition) is 1. The van der Waals surface area contributed by atoms with Crippen LogP contribution in [0.25, 0.3) is 0 Å². The number of Topliss-reactive ketones (excluding diaryl/α,β-unsaturated/α-hetero) is 1. The van der Waals surface area contributed by atoms with Crippen molar-refractivity contribution in [3.63, 3.8) is 0 Å². The van der Waals surface area contributed by atoms with Gasteiger partial charge < -0.3 is 5.32 Å². The lowest BCUT2D eigenvalue weighted by molar-refractivity contribution is -0.131. The maximum atomic E-state index is 11.7. The highest BCUT2D eigenvalue weighted by Crippen LogP contribution is 2.42. The van der Waals surface area contributed by atoms with E-state index >= 15 is 0 Å². The highest BCUT2D eigenvalue weighted by molar-refractivity contribution is 6.00. The van der Waals surface area contributed by atoms with E-state index in [2.05, 4.69) is 5.32 Å². The average molecular weight is 193 g/mol. The Morgan fingerprint density at radius 3 is 2.71 bits per heavy atom. The molecular weight excluding hydrogens is 178 g/mol. The third kappa shape index (κ3) is 1.11. The molecule has 0 aromatic carbocycles. The summed E-state index contributed by atoms with van der Waals surface area (Å²) >= 11 is 0. The van der Waals surface area contributed by atoms with Crippen molar-refractivity contribution < 1.29 is 9.59 Å². The summed E-state index contributed by atoms with van der Waals surface area (Å²) < 4.78 is 0. The molecule has 1 atom stereocenters. The predicted molar refractivity (Wildman–Crippen MR) is 52.7 cm³/mol. The van der Waals surface area contributed by atoms with Gasteiger partial charge in [0.25, 0.3) is 0 Å². The number of allylic oxidation sites excluding steroid dienone is 1. The molecule has 76 valence electrons. The first-order valence-electron chi connectivity index (χ1n) is 5.07. The van der Waals surface area contributed by atoms with Gasteiger partial charge in [-0.25, -0.2) is 0 Å². The smallest absolute Gasteiger partial charge is 0.230 e. The van der Waals surface area contributed by atoms with Gasteiger partial charge >= 0.3 is 0 Å². The van der Waals surface area contributed by atoms with E-state index in [-0.39, 0.29) is 11.7 Å². The van der Waals surface area contributed by atoms with Crippen molar-refractivity contribution in [1.82, 2.24) is 5.32 Å². The molecule has 1 amide bonds. The first-order chi connectivity index (χ1) is 6.55. The van der Waals surface area contributed by atoms with Gasteiger partial charge in [-0.05, 0) is 37.8 Å². The molecule has 0 saturated carbocycles. The summed E-state index contributed by atoms with van der Waals surface area (Å²) in [4.78, 5) is 23.3. The Balaban J connectivity index is 2.50. The lowest BCUT2D eigenvalue weighted by atomic mass is 9.67. The minimum atomic E-state index is -0.407. The molecule has 1 saturated heterocycles. The summed E-state index contributed by atoms with van der Waals surface area (Å²) in [5.41, 5.74) is 1.49. The van der Waals surface area contributed by atoms with Crippen LogP contribution in [-0.4, -0.2) is 18.2 Å². The van der Waals surface area contributed by atoms with E-state index in [1.165, 1.54) is 0 Å². The second-order valence-electron chi connectivity index (χ2n) is 4.36. The summed E-state index contributed by atoms with van der Waals surface area (Å²) in [6.45, 7) is 4.48. The van der Waals surface area contributed by atoms with Gasteiger partial charge in [-0.2, -0.15) is 0 Å². The Bertz CT molecular complexity index is 343. The first kappa shape index (κ1) is 9.44. The number of hydrogen-bond acceptors (Lipinski definition) is 2. The first-order valence-corrected chi connectivity index (χ1v) is 5.07.